The largest absolute Gasteiger partial charge is 0.465 e. The lowest BCUT2D eigenvalue weighted by atomic mass is 10.2. The highest BCUT2D eigenvalue weighted by Gasteiger charge is 2.22. The molecule has 1 atom stereocenters. The van der Waals surface area contributed by atoms with Crippen LogP contribution in [0.4, 0.5) is 5.69 Å². The van der Waals surface area contributed by atoms with Crippen molar-refractivity contribution in [1.82, 2.24) is 5.32 Å². The van der Waals surface area contributed by atoms with Gasteiger partial charge in [-0.05, 0) is 31.5 Å². The number of benzene rings is 1. The molecule has 128 valence electrons. The van der Waals surface area contributed by atoms with E-state index in [9.17, 15) is 18.0 Å². The number of carbonyl (C=O) groups is 2. The van der Waals surface area contributed by atoms with Crippen LogP contribution in [0.2, 0.25) is 0 Å². The number of nitrogens with zero attached hydrogens (tertiary/aromatic N) is 1. The van der Waals surface area contributed by atoms with Gasteiger partial charge in [0.25, 0.3) is 0 Å². The average molecular weight is 342 g/mol. The number of sulfonamides is 1. The Hall–Kier alpha value is -2.09. The van der Waals surface area contributed by atoms with Crippen LogP contribution in [-0.2, 0) is 19.6 Å². The van der Waals surface area contributed by atoms with E-state index in [0.717, 1.165) is 17.0 Å². The molecule has 1 aromatic rings. The van der Waals surface area contributed by atoms with Crippen LogP contribution in [0.15, 0.2) is 24.3 Å². The van der Waals surface area contributed by atoms with Crippen molar-refractivity contribution in [2.24, 2.45) is 0 Å². The minimum absolute atomic E-state index is 0.0506. The molecule has 1 rings (SSSR count). The summed E-state index contributed by atoms with van der Waals surface area (Å²) >= 11 is 0. The predicted molar refractivity (Wildman–Crippen MR) is 87.9 cm³/mol. The summed E-state index contributed by atoms with van der Waals surface area (Å²) in [5.41, 5.74) is 0.440. The lowest BCUT2D eigenvalue weighted by Gasteiger charge is -2.23. The maximum absolute atomic E-state index is 12.0. The van der Waals surface area contributed by atoms with Crippen molar-refractivity contribution in [3.63, 3.8) is 0 Å². The zero-order chi connectivity index (χ0) is 17.6. The van der Waals surface area contributed by atoms with Crippen LogP contribution < -0.4 is 9.62 Å². The highest BCUT2D eigenvalue weighted by Crippen LogP contribution is 2.19. The number of amides is 1. The zero-order valence-electron chi connectivity index (χ0n) is 13.7. The fourth-order valence-electron chi connectivity index (χ4n) is 1.86. The van der Waals surface area contributed by atoms with Crippen molar-refractivity contribution < 1.29 is 22.7 Å². The molecule has 0 aliphatic carbocycles. The number of anilines is 1. The van der Waals surface area contributed by atoms with Gasteiger partial charge in [-0.3, -0.25) is 9.10 Å². The van der Waals surface area contributed by atoms with E-state index < -0.39 is 21.9 Å². The van der Waals surface area contributed by atoms with E-state index in [1.807, 2.05) is 13.8 Å². The van der Waals surface area contributed by atoms with Crippen molar-refractivity contribution in [2.45, 2.75) is 26.3 Å². The normalized spacial score (nSPS) is 12.3. The molecule has 1 amide bonds. The fourth-order valence-corrected chi connectivity index (χ4v) is 2.71. The van der Waals surface area contributed by atoms with E-state index >= 15 is 0 Å². The lowest BCUT2D eigenvalue weighted by molar-refractivity contribution is -0.120. The van der Waals surface area contributed by atoms with Gasteiger partial charge in [-0.1, -0.05) is 13.0 Å². The Bertz CT molecular complexity index is 672. The van der Waals surface area contributed by atoms with E-state index in [1.54, 1.807) is 0 Å². The Morgan fingerprint density at radius 1 is 1.35 bits per heavy atom. The van der Waals surface area contributed by atoms with Crippen molar-refractivity contribution in [3.8, 4) is 0 Å². The van der Waals surface area contributed by atoms with Gasteiger partial charge < -0.3 is 10.1 Å². The topological polar surface area (TPSA) is 92.8 Å². The van der Waals surface area contributed by atoms with Crippen LogP contribution >= 0.6 is 0 Å². The molecule has 0 saturated heterocycles. The van der Waals surface area contributed by atoms with E-state index in [-0.39, 0.29) is 23.8 Å². The van der Waals surface area contributed by atoms with Crippen molar-refractivity contribution in [2.75, 3.05) is 24.2 Å². The summed E-state index contributed by atoms with van der Waals surface area (Å²) in [6.45, 7) is 3.40. The molecule has 0 aliphatic rings. The molecule has 0 saturated carbocycles. The first kappa shape index (κ1) is 19.0. The highest BCUT2D eigenvalue weighted by atomic mass is 32.2. The van der Waals surface area contributed by atoms with Gasteiger partial charge >= 0.3 is 5.97 Å². The Morgan fingerprint density at radius 3 is 2.52 bits per heavy atom. The summed E-state index contributed by atoms with van der Waals surface area (Å²) in [6, 6.07) is 5.89. The number of esters is 1. The van der Waals surface area contributed by atoms with Crippen molar-refractivity contribution in [3.05, 3.63) is 29.8 Å². The molecule has 8 heteroatoms. The molecule has 0 aliphatic heterocycles. The second kappa shape index (κ2) is 7.96. The molecule has 0 radical (unpaired) electrons. The summed E-state index contributed by atoms with van der Waals surface area (Å²) in [6.07, 6.45) is 1.75. The summed E-state index contributed by atoms with van der Waals surface area (Å²) in [5, 5.41) is 2.71. The molecule has 1 unspecified atom stereocenters. The van der Waals surface area contributed by atoms with Gasteiger partial charge in [0.05, 0.1) is 24.6 Å². The SMILES string of the molecule is CCC(C)NC(=O)CN(c1cccc(C(=O)OC)c1)S(C)(=O)=O. The van der Waals surface area contributed by atoms with Crippen molar-refractivity contribution in [1.29, 1.82) is 0 Å². The molecule has 0 fully saturated rings. The second-order valence-electron chi connectivity index (χ2n) is 5.19. The third-order valence-electron chi connectivity index (χ3n) is 3.26. The van der Waals surface area contributed by atoms with Gasteiger partial charge in [0, 0.05) is 6.04 Å². The van der Waals surface area contributed by atoms with Gasteiger partial charge in [-0.2, -0.15) is 0 Å². The van der Waals surface area contributed by atoms with E-state index in [0.29, 0.717) is 0 Å². The number of rotatable bonds is 7. The third kappa shape index (κ3) is 5.55. The van der Waals surface area contributed by atoms with Crippen LogP contribution in [0.25, 0.3) is 0 Å². The Labute approximate surface area is 136 Å². The van der Waals surface area contributed by atoms with Gasteiger partial charge in [-0.25, -0.2) is 13.2 Å². The molecule has 1 N–H and O–H groups in total. The standard InChI is InChI=1S/C15H22N2O5S/c1-5-11(2)16-14(18)10-17(23(4,20)21)13-8-6-7-12(9-13)15(19)22-3/h6-9,11H,5,10H2,1-4H3,(H,16,18). The molecule has 0 bridgehead atoms. The molecule has 1 aromatic carbocycles. The maximum atomic E-state index is 12.0. The Kier molecular flexibility index (Phi) is 6.56. The molecular weight excluding hydrogens is 320 g/mol. The second-order valence-corrected chi connectivity index (χ2v) is 7.10. The van der Waals surface area contributed by atoms with E-state index in [2.05, 4.69) is 10.1 Å². The molecule has 0 spiro atoms. The number of nitrogens with one attached hydrogen (secondary N) is 1. The fraction of sp³-hybridized carbons (Fsp3) is 0.467. The number of carbonyl (C=O) groups excluding carboxylic acids is 2. The number of methoxy groups -OCH3 is 1. The minimum atomic E-state index is -3.68. The lowest BCUT2D eigenvalue weighted by Crippen LogP contribution is -2.43. The van der Waals surface area contributed by atoms with E-state index in [1.165, 1.54) is 31.4 Å². The average Bonchev–Trinajstić information content (AvgIpc) is 2.50. The number of ether oxygens (including phenoxy) is 1. The summed E-state index contributed by atoms with van der Waals surface area (Å²) in [7, 11) is -2.45. The molecular formula is C15H22N2O5S. The quantitative estimate of drug-likeness (QED) is 0.751. The van der Waals surface area contributed by atoms with Crippen LogP contribution in [-0.4, -0.2) is 46.2 Å². The Balaban J connectivity index is 3.09. The Morgan fingerprint density at radius 2 is 2.00 bits per heavy atom. The first-order chi connectivity index (χ1) is 10.7. The summed E-state index contributed by atoms with van der Waals surface area (Å²) < 4.78 is 29.6. The third-order valence-corrected chi connectivity index (χ3v) is 4.40. The predicted octanol–water partition coefficient (Wildman–Crippen LogP) is 1.15. The maximum Gasteiger partial charge on any atom is 0.337 e. The smallest absolute Gasteiger partial charge is 0.337 e. The summed E-state index contributed by atoms with van der Waals surface area (Å²) in [5.74, 6) is -0.988. The summed E-state index contributed by atoms with van der Waals surface area (Å²) in [4.78, 5) is 23.6. The van der Waals surface area contributed by atoms with Crippen LogP contribution in [0.5, 0.6) is 0 Å². The van der Waals surface area contributed by atoms with E-state index in [4.69, 9.17) is 0 Å². The number of hydrogen-bond acceptors (Lipinski definition) is 5. The molecule has 23 heavy (non-hydrogen) atoms. The van der Waals surface area contributed by atoms with Gasteiger partial charge in [0.15, 0.2) is 0 Å². The highest BCUT2D eigenvalue weighted by molar-refractivity contribution is 7.92. The number of hydrogen-bond donors (Lipinski definition) is 1. The minimum Gasteiger partial charge on any atom is -0.465 e. The van der Waals surface area contributed by atoms with Gasteiger partial charge in [-0.15, -0.1) is 0 Å². The van der Waals surface area contributed by atoms with Gasteiger partial charge in [0.1, 0.15) is 6.54 Å². The molecule has 0 heterocycles. The molecule has 0 aromatic heterocycles. The first-order valence-corrected chi connectivity index (χ1v) is 8.99. The molecule has 7 nitrogen and oxygen atoms in total. The first-order valence-electron chi connectivity index (χ1n) is 7.14. The monoisotopic (exact) mass is 342 g/mol. The van der Waals surface area contributed by atoms with Crippen molar-refractivity contribution >= 4 is 27.6 Å². The van der Waals surface area contributed by atoms with Crippen LogP contribution in [0.1, 0.15) is 30.6 Å². The van der Waals surface area contributed by atoms with Gasteiger partial charge in [0.2, 0.25) is 15.9 Å². The van der Waals surface area contributed by atoms with Crippen LogP contribution in [0, 0.1) is 0 Å². The van der Waals surface area contributed by atoms with Crippen LogP contribution in [0.3, 0.4) is 0 Å². The zero-order valence-corrected chi connectivity index (χ0v) is 14.5.